The van der Waals surface area contributed by atoms with E-state index in [1.807, 2.05) is 29.2 Å². The van der Waals surface area contributed by atoms with E-state index in [0.717, 1.165) is 23.4 Å². The van der Waals surface area contributed by atoms with Crippen LogP contribution in [0.15, 0.2) is 33.7 Å². The largest absolute Gasteiger partial charge is 0.338 e. The Labute approximate surface area is 157 Å². The molecule has 1 aromatic carbocycles. The molecular weight excluding hydrogens is 360 g/mol. The van der Waals surface area contributed by atoms with E-state index >= 15 is 0 Å². The fraction of sp³-hybridized carbons (Fsp3) is 0.471. The summed E-state index contributed by atoms with van der Waals surface area (Å²) in [7, 11) is 0. The molecule has 2 heterocycles. The third-order valence-electron chi connectivity index (χ3n) is 4.29. The lowest BCUT2D eigenvalue weighted by Gasteiger charge is -2.21. The Morgan fingerprint density at radius 3 is 2.68 bits per heavy atom. The first-order chi connectivity index (χ1) is 11.6. The number of hydrogen-bond acceptors (Lipinski definition) is 6. The molecule has 1 fully saturated rings. The van der Waals surface area contributed by atoms with Gasteiger partial charge in [0.25, 0.3) is 5.91 Å². The van der Waals surface area contributed by atoms with Gasteiger partial charge in [0, 0.05) is 23.0 Å². The molecule has 0 aliphatic carbocycles. The Hall–Kier alpha value is -1.57. The summed E-state index contributed by atoms with van der Waals surface area (Å²) in [6, 6.07) is 7.93. The highest BCUT2D eigenvalue weighted by atomic mass is 35.5. The van der Waals surface area contributed by atoms with Crippen molar-refractivity contribution in [2.75, 3.05) is 13.1 Å². The van der Waals surface area contributed by atoms with Gasteiger partial charge in [-0.1, -0.05) is 5.16 Å². The summed E-state index contributed by atoms with van der Waals surface area (Å²) in [6.07, 6.45) is 0.986. The Morgan fingerprint density at radius 1 is 1.40 bits per heavy atom. The van der Waals surface area contributed by atoms with Crippen molar-refractivity contribution in [2.45, 2.75) is 37.0 Å². The number of amides is 1. The summed E-state index contributed by atoms with van der Waals surface area (Å²) in [4.78, 5) is 19.8. The number of thioether (sulfide) groups is 1. The lowest BCUT2D eigenvalue weighted by atomic mass is 10.1. The number of aromatic nitrogens is 2. The van der Waals surface area contributed by atoms with Crippen LogP contribution in [0.3, 0.4) is 0 Å². The molecule has 6 nitrogen and oxygen atoms in total. The maximum atomic E-state index is 12.7. The number of likely N-dealkylation sites (tertiary alicyclic amines) is 1. The van der Waals surface area contributed by atoms with E-state index in [0.29, 0.717) is 29.9 Å². The molecule has 2 atom stereocenters. The van der Waals surface area contributed by atoms with Crippen LogP contribution in [0, 0.1) is 12.8 Å². The number of halogens is 1. The van der Waals surface area contributed by atoms with E-state index in [-0.39, 0.29) is 24.4 Å². The highest BCUT2D eigenvalue weighted by Crippen LogP contribution is 2.26. The quantitative estimate of drug-likeness (QED) is 0.800. The van der Waals surface area contributed by atoms with Crippen molar-refractivity contribution in [1.29, 1.82) is 0 Å². The van der Waals surface area contributed by atoms with Crippen LogP contribution < -0.4 is 5.73 Å². The molecule has 1 aliphatic rings. The maximum absolute atomic E-state index is 12.7. The lowest BCUT2D eigenvalue weighted by molar-refractivity contribution is 0.0743. The van der Waals surface area contributed by atoms with Crippen molar-refractivity contribution < 1.29 is 9.32 Å². The van der Waals surface area contributed by atoms with Gasteiger partial charge in [0.15, 0.2) is 5.82 Å². The molecular formula is C17H23ClN4O2S. The van der Waals surface area contributed by atoms with Gasteiger partial charge < -0.3 is 15.2 Å². The molecule has 0 bridgehead atoms. The monoisotopic (exact) mass is 382 g/mol. The van der Waals surface area contributed by atoms with Crippen molar-refractivity contribution >= 4 is 30.1 Å². The third-order valence-corrected chi connectivity index (χ3v) is 5.29. The normalized spacial score (nSPS) is 19.7. The molecule has 1 amide bonds. The van der Waals surface area contributed by atoms with Gasteiger partial charge in [0.05, 0.1) is 5.75 Å². The molecule has 2 N–H and O–H groups in total. The second kappa shape index (κ2) is 8.69. The van der Waals surface area contributed by atoms with E-state index in [4.69, 9.17) is 10.3 Å². The van der Waals surface area contributed by atoms with Crippen LogP contribution in [0.4, 0.5) is 0 Å². The van der Waals surface area contributed by atoms with Crippen molar-refractivity contribution in [2.24, 2.45) is 11.7 Å². The first kappa shape index (κ1) is 19.8. The predicted octanol–water partition coefficient (Wildman–Crippen LogP) is 2.90. The highest BCUT2D eigenvalue weighted by molar-refractivity contribution is 7.98. The molecule has 2 unspecified atom stereocenters. The highest BCUT2D eigenvalue weighted by Gasteiger charge is 2.31. The molecule has 1 saturated heterocycles. The smallest absolute Gasteiger partial charge is 0.254 e. The number of hydrogen-bond donors (Lipinski definition) is 1. The lowest BCUT2D eigenvalue weighted by Crippen LogP contribution is -2.34. The van der Waals surface area contributed by atoms with Gasteiger partial charge in [0.2, 0.25) is 5.89 Å². The van der Waals surface area contributed by atoms with Gasteiger partial charge in [-0.15, -0.1) is 24.2 Å². The van der Waals surface area contributed by atoms with Crippen LogP contribution in [0.5, 0.6) is 0 Å². The van der Waals surface area contributed by atoms with Crippen LogP contribution >= 0.6 is 24.2 Å². The topological polar surface area (TPSA) is 85.2 Å². The van der Waals surface area contributed by atoms with Crippen LogP contribution in [-0.4, -0.2) is 40.1 Å². The zero-order valence-electron chi connectivity index (χ0n) is 14.3. The summed E-state index contributed by atoms with van der Waals surface area (Å²) < 4.78 is 5.09. The van der Waals surface area contributed by atoms with Gasteiger partial charge in [0.1, 0.15) is 0 Å². The second-order valence-electron chi connectivity index (χ2n) is 6.19. The Balaban J connectivity index is 0.00000225. The van der Waals surface area contributed by atoms with Crippen molar-refractivity contribution in [3.63, 3.8) is 0 Å². The molecule has 3 rings (SSSR count). The average molecular weight is 383 g/mol. The van der Waals surface area contributed by atoms with Crippen molar-refractivity contribution in [3.05, 3.63) is 41.5 Å². The van der Waals surface area contributed by atoms with E-state index < -0.39 is 0 Å². The first-order valence-electron chi connectivity index (χ1n) is 8.10. The van der Waals surface area contributed by atoms with Crippen LogP contribution in [0.2, 0.25) is 0 Å². The van der Waals surface area contributed by atoms with E-state index in [1.165, 1.54) is 0 Å². The molecule has 0 saturated carbocycles. The summed E-state index contributed by atoms with van der Waals surface area (Å²) in [5.41, 5.74) is 6.46. The van der Waals surface area contributed by atoms with Gasteiger partial charge in [-0.25, -0.2) is 0 Å². The third kappa shape index (κ3) is 4.74. The van der Waals surface area contributed by atoms with E-state index in [9.17, 15) is 4.79 Å². The molecule has 0 spiro atoms. The standard InChI is InChI=1S/C17H22N4O2S.ClH/c1-11-7-13(8-18)9-21(11)17(22)14-3-5-15(6-4-14)24-10-16-19-12(2)20-23-16;/h3-6,11,13H,7-10,18H2,1-2H3;1H. The molecule has 136 valence electrons. The molecule has 25 heavy (non-hydrogen) atoms. The van der Waals surface area contributed by atoms with Crippen molar-refractivity contribution in [1.82, 2.24) is 15.0 Å². The Morgan fingerprint density at radius 2 is 2.12 bits per heavy atom. The zero-order chi connectivity index (χ0) is 17.1. The van der Waals surface area contributed by atoms with E-state index in [2.05, 4.69) is 17.1 Å². The average Bonchev–Trinajstić information content (AvgIpc) is 3.18. The minimum Gasteiger partial charge on any atom is -0.338 e. The number of benzene rings is 1. The fourth-order valence-electron chi connectivity index (χ4n) is 3.00. The number of aryl methyl sites for hydroxylation is 1. The minimum atomic E-state index is 0. The molecule has 0 radical (unpaired) electrons. The Kier molecular flexibility index (Phi) is 6.87. The number of rotatable bonds is 5. The summed E-state index contributed by atoms with van der Waals surface area (Å²) in [6.45, 7) is 5.28. The maximum Gasteiger partial charge on any atom is 0.254 e. The van der Waals surface area contributed by atoms with Crippen LogP contribution in [-0.2, 0) is 5.75 Å². The summed E-state index contributed by atoms with van der Waals surface area (Å²) >= 11 is 1.61. The fourth-order valence-corrected chi connectivity index (χ4v) is 3.74. The number of carbonyl (C=O) groups is 1. The predicted molar refractivity (Wildman–Crippen MR) is 99.9 cm³/mol. The number of nitrogens with zero attached hydrogens (tertiary/aromatic N) is 3. The van der Waals surface area contributed by atoms with Gasteiger partial charge in [-0.3, -0.25) is 4.79 Å². The summed E-state index contributed by atoms with van der Waals surface area (Å²) in [5.74, 6) is 2.37. The zero-order valence-corrected chi connectivity index (χ0v) is 16.0. The molecule has 1 aliphatic heterocycles. The van der Waals surface area contributed by atoms with E-state index in [1.54, 1.807) is 18.7 Å². The van der Waals surface area contributed by atoms with Gasteiger partial charge in [-0.2, -0.15) is 4.98 Å². The van der Waals surface area contributed by atoms with Crippen LogP contribution in [0.1, 0.15) is 35.4 Å². The van der Waals surface area contributed by atoms with Gasteiger partial charge >= 0.3 is 0 Å². The SMILES string of the molecule is Cc1noc(CSc2ccc(C(=O)N3CC(CN)CC3C)cc2)n1.Cl. The minimum absolute atomic E-state index is 0. The molecule has 1 aromatic heterocycles. The van der Waals surface area contributed by atoms with Crippen LogP contribution in [0.25, 0.3) is 0 Å². The molecule has 8 heteroatoms. The summed E-state index contributed by atoms with van der Waals surface area (Å²) in [5, 5.41) is 3.77. The second-order valence-corrected chi connectivity index (χ2v) is 7.24. The van der Waals surface area contributed by atoms with Gasteiger partial charge in [-0.05, 0) is 57.0 Å². The van der Waals surface area contributed by atoms with Crippen molar-refractivity contribution in [3.8, 4) is 0 Å². The number of nitrogens with two attached hydrogens (primary N) is 1. The number of carbonyl (C=O) groups excluding carboxylic acids is 1. The first-order valence-corrected chi connectivity index (χ1v) is 9.08. The Bertz CT molecular complexity index is 707. The molecule has 2 aromatic rings.